The number of nitrogens with zero attached hydrogens (tertiary/aromatic N) is 5. The van der Waals surface area contributed by atoms with E-state index in [0.29, 0.717) is 16.8 Å². The standard InChI is InChI=1S/C27H21ClN8O3S2/c1-2-16-3-5-17(6-4-16)25-20(13-29)26(31)33-27(21(25)14-30)40-15-24(37)32-18-7-9-19(10-8-18)41(38,39)36-23-12-11-22(28)34-35-23/h3-12H,2,15H2,1H3,(H2,31,33)(H,32,37)(H,35,36). The molecular formula is C27H21ClN8O3S2. The van der Waals surface area contributed by atoms with Crippen LogP contribution in [-0.2, 0) is 21.2 Å². The number of pyridine rings is 1. The van der Waals surface area contributed by atoms with Crippen LogP contribution in [0, 0.1) is 22.7 Å². The molecule has 41 heavy (non-hydrogen) atoms. The second kappa shape index (κ2) is 12.7. The zero-order valence-electron chi connectivity index (χ0n) is 21.4. The van der Waals surface area contributed by atoms with Crippen molar-refractivity contribution in [1.29, 1.82) is 10.5 Å². The SMILES string of the molecule is CCc1ccc(-c2c(C#N)c(N)nc(SCC(=O)Nc3ccc(S(=O)(=O)Nc4ccc(Cl)nn4)cc3)c2C#N)cc1. The van der Waals surface area contributed by atoms with Gasteiger partial charge in [0.2, 0.25) is 5.91 Å². The van der Waals surface area contributed by atoms with Crippen molar-refractivity contribution in [3.05, 3.63) is 82.5 Å². The lowest BCUT2D eigenvalue weighted by molar-refractivity contribution is -0.113. The van der Waals surface area contributed by atoms with Gasteiger partial charge in [-0.3, -0.25) is 9.52 Å². The smallest absolute Gasteiger partial charge is 0.263 e. The van der Waals surface area contributed by atoms with E-state index >= 15 is 0 Å². The number of sulfonamides is 1. The highest BCUT2D eigenvalue weighted by Crippen LogP contribution is 2.35. The van der Waals surface area contributed by atoms with Crippen LogP contribution >= 0.6 is 23.4 Å². The predicted molar refractivity (Wildman–Crippen MR) is 157 cm³/mol. The Morgan fingerprint density at radius 3 is 2.27 bits per heavy atom. The second-order valence-corrected chi connectivity index (χ2v) is 11.4. The fourth-order valence-corrected chi connectivity index (χ4v) is 5.61. The van der Waals surface area contributed by atoms with Gasteiger partial charge in [-0.15, -0.1) is 10.2 Å². The molecule has 0 aliphatic rings. The second-order valence-electron chi connectivity index (χ2n) is 8.41. The molecule has 1 amide bonds. The number of halogens is 1. The number of hydrogen-bond donors (Lipinski definition) is 3. The van der Waals surface area contributed by atoms with E-state index in [9.17, 15) is 23.7 Å². The molecule has 11 nitrogen and oxygen atoms in total. The molecule has 2 aromatic carbocycles. The summed E-state index contributed by atoms with van der Waals surface area (Å²) in [7, 11) is -3.95. The molecule has 206 valence electrons. The van der Waals surface area contributed by atoms with Gasteiger partial charge < -0.3 is 11.1 Å². The first kappa shape index (κ1) is 29.3. The number of nitriles is 2. The number of carbonyl (C=O) groups is 1. The fraction of sp³-hybridized carbons (Fsp3) is 0.111. The number of nitrogens with two attached hydrogens (primary N) is 1. The summed E-state index contributed by atoms with van der Waals surface area (Å²) in [6.45, 7) is 2.02. The predicted octanol–water partition coefficient (Wildman–Crippen LogP) is 4.61. The minimum absolute atomic E-state index is 0.00118. The van der Waals surface area contributed by atoms with Gasteiger partial charge in [-0.05, 0) is 53.9 Å². The van der Waals surface area contributed by atoms with Crippen molar-refractivity contribution < 1.29 is 13.2 Å². The molecule has 0 unspecified atom stereocenters. The Balaban J connectivity index is 1.48. The third-order valence-electron chi connectivity index (χ3n) is 5.73. The van der Waals surface area contributed by atoms with Gasteiger partial charge in [0.15, 0.2) is 11.0 Å². The summed E-state index contributed by atoms with van der Waals surface area (Å²) in [6, 6.07) is 19.9. The van der Waals surface area contributed by atoms with Crippen molar-refractivity contribution in [2.75, 3.05) is 21.5 Å². The van der Waals surface area contributed by atoms with Crippen LogP contribution in [-0.4, -0.2) is 35.3 Å². The van der Waals surface area contributed by atoms with Crippen LogP contribution in [0.3, 0.4) is 0 Å². The number of amides is 1. The number of thioether (sulfide) groups is 1. The number of benzene rings is 2. The van der Waals surface area contributed by atoms with Crippen LogP contribution in [0.25, 0.3) is 11.1 Å². The number of rotatable bonds is 9. The topological polar surface area (TPSA) is 188 Å². The van der Waals surface area contributed by atoms with Gasteiger partial charge in [0.25, 0.3) is 10.0 Å². The molecule has 2 heterocycles. The zero-order chi connectivity index (χ0) is 29.6. The number of anilines is 3. The molecular weight excluding hydrogens is 584 g/mol. The minimum Gasteiger partial charge on any atom is -0.383 e. The van der Waals surface area contributed by atoms with Crippen LogP contribution in [0.15, 0.2) is 70.6 Å². The van der Waals surface area contributed by atoms with E-state index in [-0.39, 0.29) is 43.6 Å². The van der Waals surface area contributed by atoms with Gasteiger partial charge in [0, 0.05) is 11.3 Å². The van der Waals surface area contributed by atoms with Crippen molar-refractivity contribution in [3.63, 3.8) is 0 Å². The van der Waals surface area contributed by atoms with Crippen molar-refractivity contribution in [2.45, 2.75) is 23.3 Å². The van der Waals surface area contributed by atoms with Crippen molar-refractivity contribution >= 4 is 56.6 Å². The van der Waals surface area contributed by atoms with Crippen LogP contribution in [0.2, 0.25) is 5.15 Å². The summed E-state index contributed by atoms with van der Waals surface area (Å²) >= 11 is 6.67. The van der Waals surface area contributed by atoms with Gasteiger partial charge in [0.1, 0.15) is 28.5 Å². The van der Waals surface area contributed by atoms with E-state index < -0.39 is 15.9 Å². The molecule has 4 rings (SSSR count). The highest BCUT2D eigenvalue weighted by atomic mass is 35.5. The molecule has 0 aliphatic heterocycles. The molecule has 0 saturated carbocycles. The van der Waals surface area contributed by atoms with E-state index in [2.05, 4.69) is 31.3 Å². The Labute approximate surface area is 245 Å². The highest BCUT2D eigenvalue weighted by molar-refractivity contribution is 8.00. The average Bonchev–Trinajstić information content (AvgIpc) is 2.97. The first-order chi connectivity index (χ1) is 19.6. The van der Waals surface area contributed by atoms with E-state index in [4.69, 9.17) is 17.3 Å². The molecule has 4 N–H and O–H groups in total. The summed E-state index contributed by atoms with van der Waals surface area (Å²) in [5.74, 6) is -0.599. The lowest BCUT2D eigenvalue weighted by Gasteiger charge is -2.13. The quantitative estimate of drug-likeness (QED) is 0.227. The number of aryl methyl sites for hydroxylation is 1. The Morgan fingerprint density at radius 2 is 1.68 bits per heavy atom. The molecule has 0 bridgehead atoms. The monoisotopic (exact) mass is 604 g/mol. The Bertz CT molecular complexity index is 1780. The molecule has 0 radical (unpaired) electrons. The lowest BCUT2D eigenvalue weighted by Crippen LogP contribution is -2.16. The summed E-state index contributed by atoms with van der Waals surface area (Å²) in [5, 5.41) is 29.9. The van der Waals surface area contributed by atoms with Crippen LogP contribution in [0.1, 0.15) is 23.6 Å². The lowest BCUT2D eigenvalue weighted by atomic mass is 9.96. The summed E-state index contributed by atoms with van der Waals surface area (Å²) < 4.78 is 27.5. The minimum atomic E-state index is -3.95. The molecule has 14 heteroatoms. The van der Waals surface area contributed by atoms with Crippen molar-refractivity contribution in [1.82, 2.24) is 15.2 Å². The summed E-state index contributed by atoms with van der Waals surface area (Å²) in [5.41, 5.74) is 8.75. The van der Waals surface area contributed by atoms with E-state index in [1.165, 1.54) is 36.4 Å². The van der Waals surface area contributed by atoms with Gasteiger partial charge in [0.05, 0.1) is 16.2 Å². The number of aromatic nitrogens is 3. The van der Waals surface area contributed by atoms with E-state index in [1.54, 1.807) is 0 Å². The van der Waals surface area contributed by atoms with Gasteiger partial charge in [-0.2, -0.15) is 10.5 Å². The Morgan fingerprint density at radius 1 is 1.00 bits per heavy atom. The summed E-state index contributed by atoms with van der Waals surface area (Å²) in [4.78, 5) is 16.8. The number of hydrogen-bond acceptors (Lipinski definition) is 10. The van der Waals surface area contributed by atoms with E-state index in [0.717, 1.165) is 23.7 Å². The molecule has 0 fully saturated rings. The maximum Gasteiger partial charge on any atom is 0.263 e. The Kier molecular flexibility index (Phi) is 9.04. The van der Waals surface area contributed by atoms with Gasteiger partial charge >= 0.3 is 0 Å². The number of carbonyl (C=O) groups excluding carboxylic acids is 1. The zero-order valence-corrected chi connectivity index (χ0v) is 23.8. The van der Waals surface area contributed by atoms with Crippen LogP contribution < -0.4 is 15.8 Å². The molecule has 2 aromatic heterocycles. The molecule has 4 aromatic rings. The van der Waals surface area contributed by atoms with E-state index in [1.807, 2.05) is 37.3 Å². The summed E-state index contributed by atoms with van der Waals surface area (Å²) in [6.07, 6.45) is 0.833. The van der Waals surface area contributed by atoms with Crippen LogP contribution in [0.4, 0.5) is 17.3 Å². The number of nitrogen functional groups attached to an aromatic ring is 1. The third kappa shape index (κ3) is 6.91. The number of nitrogens with one attached hydrogen (secondary N) is 2. The Hall–Kier alpha value is -4.69. The normalized spacial score (nSPS) is 10.8. The molecule has 0 atom stereocenters. The largest absolute Gasteiger partial charge is 0.383 e. The maximum atomic E-state index is 12.7. The molecule has 0 saturated heterocycles. The first-order valence-corrected chi connectivity index (χ1v) is 14.8. The first-order valence-electron chi connectivity index (χ1n) is 11.9. The van der Waals surface area contributed by atoms with Crippen LogP contribution in [0.5, 0.6) is 0 Å². The third-order valence-corrected chi connectivity index (χ3v) is 8.27. The van der Waals surface area contributed by atoms with Gasteiger partial charge in [-0.25, -0.2) is 13.4 Å². The molecule has 0 aliphatic carbocycles. The van der Waals surface area contributed by atoms with Gasteiger partial charge in [-0.1, -0.05) is 54.6 Å². The highest BCUT2D eigenvalue weighted by Gasteiger charge is 2.21. The van der Waals surface area contributed by atoms with Crippen molar-refractivity contribution in [2.24, 2.45) is 0 Å². The fourth-order valence-electron chi connectivity index (χ4n) is 3.71. The average molecular weight is 605 g/mol. The molecule has 0 spiro atoms. The maximum absolute atomic E-state index is 12.7. The van der Waals surface area contributed by atoms with Crippen molar-refractivity contribution in [3.8, 4) is 23.3 Å².